The van der Waals surface area contributed by atoms with E-state index in [0.717, 1.165) is 16.7 Å². The number of rotatable bonds is 4. The average molecular weight is 269 g/mol. The van der Waals surface area contributed by atoms with Crippen LogP contribution in [0.1, 0.15) is 33.2 Å². The lowest BCUT2D eigenvalue weighted by Gasteiger charge is -2.18. The van der Waals surface area contributed by atoms with Crippen LogP contribution < -0.4 is 10.6 Å². The molecule has 1 unspecified atom stereocenters. The van der Waals surface area contributed by atoms with Crippen molar-refractivity contribution in [3.05, 3.63) is 65.0 Å². The maximum absolute atomic E-state index is 12.3. The monoisotopic (exact) mass is 269 g/mol. The Morgan fingerprint density at radius 2 is 1.70 bits per heavy atom. The Balaban J connectivity index is 2.17. The van der Waals surface area contributed by atoms with Gasteiger partial charge in [0.15, 0.2) is 0 Å². The number of hydrogen-bond donors (Lipinski definition) is 2. The second-order valence-electron chi connectivity index (χ2n) is 4.85. The van der Waals surface area contributed by atoms with E-state index in [0.29, 0.717) is 5.56 Å². The summed E-state index contributed by atoms with van der Waals surface area (Å²) in [5.74, 6) is -0.0898. The van der Waals surface area contributed by atoms with E-state index in [2.05, 4.69) is 21.7 Å². The molecule has 1 heterocycles. The molecule has 0 fully saturated rings. The molecule has 0 aliphatic heterocycles. The summed E-state index contributed by atoms with van der Waals surface area (Å²) in [6, 6.07) is 9.59. The minimum absolute atomic E-state index is 0.0898. The number of carbonyl (C=O) groups excluding carboxylic acids is 1. The Morgan fingerprint density at radius 1 is 1.10 bits per heavy atom. The first-order chi connectivity index (χ1) is 9.60. The lowest BCUT2D eigenvalue weighted by molar-refractivity contribution is 0.0930. The molecule has 2 aromatic rings. The fourth-order valence-electron chi connectivity index (χ4n) is 2.20. The van der Waals surface area contributed by atoms with Crippen molar-refractivity contribution in [2.45, 2.75) is 20.0 Å². The summed E-state index contributed by atoms with van der Waals surface area (Å²) in [7, 11) is 1.81. The smallest absolute Gasteiger partial charge is 0.252 e. The van der Waals surface area contributed by atoms with Crippen LogP contribution in [0.25, 0.3) is 0 Å². The molecule has 0 radical (unpaired) electrons. The Kier molecular flexibility index (Phi) is 4.48. The lowest BCUT2D eigenvalue weighted by atomic mass is 10.1. The van der Waals surface area contributed by atoms with Gasteiger partial charge in [0.25, 0.3) is 5.91 Å². The van der Waals surface area contributed by atoms with Crippen molar-refractivity contribution in [1.82, 2.24) is 15.6 Å². The second-order valence-corrected chi connectivity index (χ2v) is 4.85. The summed E-state index contributed by atoms with van der Waals surface area (Å²) in [4.78, 5) is 16.3. The molecule has 0 spiro atoms. The molecule has 2 N–H and O–H groups in total. The van der Waals surface area contributed by atoms with Crippen molar-refractivity contribution in [2.24, 2.45) is 0 Å². The quantitative estimate of drug-likeness (QED) is 0.838. The largest absolute Gasteiger partial charge is 0.333 e. The van der Waals surface area contributed by atoms with Gasteiger partial charge in [-0.3, -0.25) is 15.1 Å². The van der Waals surface area contributed by atoms with Crippen LogP contribution in [0.3, 0.4) is 0 Å². The molecule has 0 aliphatic rings. The normalized spacial score (nSPS) is 11.9. The number of aryl methyl sites for hydroxylation is 2. The molecular weight excluding hydrogens is 250 g/mol. The van der Waals surface area contributed by atoms with Gasteiger partial charge in [-0.2, -0.15) is 0 Å². The molecule has 20 heavy (non-hydrogen) atoms. The number of nitrogens with zero attached hydrogens (tertiary/aromatic N) is 1. The van der Waals surface area contributed by atoms with Gasteiger partial charge in [0, 0.05) is 18.0 Å². The highest BCUT2D eigenvalue weighted by Crippen LogP contribution is 2.12. The van der Waals surface area contributed by atoms with E-state index in [4.69, 9.17) is 0 Å². The summed E-state index contributed by atoms with van der Waals surface area (Å²) in [5.41, 5.74) is 3.82. The van der Waals surface area contributed by atoms with Crippen molar-refractivity contribution in [1.29, 1.82) is 0 Å². The molecule has 1 aromatic carbocycles. The molecule has 0 saturated heterocycles. The highest BCUT2D eigenvalue weighted by molar-refractivity contribution is 5.94. The first-order valence-corrected chi connectivity index (χ1v) is 6.56. The number of aromatic nitrogens is 1. The zero-order chi connectivity index (χ0) is 14.5. The van der Waals surface area contributed by atoms with Crippen molar-refractivity contribution in [2.75, 3.05) is 7.05 Å². The minimum atomic E-state index is -0.230. The Labute approximate surface area is 119 Å². The summed E-state index contributed by atoms with van der Waals surface area (Å²) < 4.78 is 0. The molecule has 0 saturated carbocycles. The van der Waals surface area contributed by atoms with E-state index in [9.17, 15) is 4.79 Å². The van der Waals surface area contributed by atoms with Gasteiger partial charge in [-0.25, -0.2) is 0 Å². The first kappa shape index (κ1) is 14.2. The number of carbonyl (C=O) groups is 1. The van der Waals surface area contributed by atoms with Gasteiger partial charge in [-0.05, 0) is 50.7 Å². The Morgan fingerprint density at radius 3 is 2.25 bits per heavy atom. The van der Waals surface area contributed by atoms with Gasteiger partial charge in [0.2, 0.25) is 0 Å². The van der Waals surface area contributed by atoms with E-state index in [1.165, 1.54) is 0 Å². The summed E-state index contributed by atoms with van der Waals surface area (Å²) in [6.07, 6.45) is 3.19. The predicted octanol–water partition coefficient (Wildman–Crippen LogP) is 2.35. The maximum Gasteiger partial charge on any atom is 0.252 e. The molecule has 0 aliphatic carbocycles. The number of pyridine rings is 1. The van der Waals surface area contributed by atoms with Gasteiger partial charge in [0.1, 0.15) is 6.17 Å². The van der Waals surface area contributed by atoms with Crippen molar-refractivity contribution >= 4 is 5.91 Å². The standard InChI is InChI=1S/C16H19N3O/c1-11-8-12(2)10-14(9-11)16(20)19-15(17-3)13-4-6-18-7-5-13/h4-10,15,17H,1-3H3,(H,19,20). The Hall–Kier alpha value is -2.20. The highest BCUT2D eigenvalue weighted by Gasteiger charge is 2.14. The molecule has 104 valence electrons. The van der Waals surface area contributed by atoms with Crippen LogP contribution in [-0.4, -0.2) is 17.9 Å². The van der Waals surface area contributed by atoms with Gasteiger partial charge >= 0.3 is 0 Å². The fraction of sp³-hybridized carbons (Fsp3) is 0.250. The van der Waals surface area contributed by atoms with E-state index in [1.54, 1.807) is 12.4 Å². The van der Waals surface area contributed by atoms with Crippen LogP contribution >= 0.6 is 0 Å². The van der Waals surface area contributed by atoms with Crippen LogP contribution in [0, 0.1) is 13.8 Å². The maximum atomic E-state index is 12.3. The number of benzene rings is 1. The van der Waals surface area contributed by atoms with Crippen LogP contribution in [0.4, 0.5) is 0 Å². The van der Waals surface area contributed by atoms with Gasteiger partial charge in [0.05, 0.1) is 0 Å². The predicted molar refractivity (Wildman–Crippen MR) is 79.4 cm³/mol. The van der Waals surface area contributed by atoms with Crippen molar-refractivity contribution in [3.8, 4) is 0 Å². The molecule has 1 atom stereocenters. The third-order valence-corrected chi connectivity index (χ3v) is 3.09. The van der Waals surface area contributed by atoms with E-state index < -0.39 is 0 Å². The van der Waals surface area contributed by atoms with E-state index >= 15 is 0 Å². The molecular formula is C16H19N3O. The van der Waals surface area contributed by atoms with Gasteiger partial charge in [-0.1, -0.05) is 17.2 Å². The average Bonchev–Trinajstić information content (AvgIpc) is 2.44. The van der Waals surface area contributed by atoms with Crippen molar-refractivity contribution < 1.29 is 4.79 Å². The molecule has 1 amide bonds. The molecule has 4 nitrogen and oxygen atoms in total. The zero-order valence-electron chi connectivity index (χ0n) is 12.0. The second kappa shape index (κ2) is 6.30. The minimum Gasteiger partial charge on any atom is -0.333 e. The number of hydrogen-bond acceptors (Lipinski definition) is 3. The third kappa shape index (κ3) is 3.42. The topological polar surface area (TPSA) is 54.0 Å². The summed E-state index contributed by atoms with van der Waals surface area (Å²) in [6.45, 7) is 3.98. The van der Waals surface area contributed by atoms with Crippen molar-refractivity contribution in [3.63, 3.8) is 0 Å². The number of nitrogens with one attached hydrogen (secondary N) is 2. The lowest BCUT2D eigenvalue weighted by Crippen LogP contribution is -2.36. The van der Waals surface area contributed by atoms with Crippen LogP contribution in [-0.2, 0) is 0 Å². The molecule has 1 aromatic heterocycles. The van der Waals surface area contributed by atoms with E-state index in [-0.39, 0.29) is 12.1 Å². The molecule has 0 bridgehead atoms. The zero-order valence-corrected chi connectivity index (χ0v) is 12.0. The third-order valence-electron chi connectivity index (χ3n) is 3.09. The number of amides is 1. The fourth-order valence-corrected chi connectivity index (χ4v) is 2.20. The van der Waals surface area contributed by atoms with Crippen LogP contribution in [0.15, 0.2) is 42.7 Å². The first-order valence-electron chi connectivity index (χ1n) is 6.56. The molecule has 2 rings (SSSR count). The highest BCUT2D eigenvalue weighted by atomic mass is 16.1. The molecule has 4 heteroatoms. The van der Waals surface area contributed by atoms with Gasteiger partial charge < -0.3 is 5.32 Å². The van der Waals surface area contributed by atoms with Gasteiger partial charge in [-0.15, -0.1) is 0 Å². The Bertz CT molecular complexity index is 576. The SMILES string of the molecule is CNC(NC(=O)c1cc(C)cc(C)c1)c1ccncc1. The summed E-state index contributed by atoms with van der Waals surface area (Å²) >= 11 is 0. The summed E-state index contributed by atoms with van der Waals surface area (Å²) in [5, 5.41) is 6.06. The van der Waals surface area contributed by atoms with Crippen LogP contribution in [0.2, 0.25) is 0 Å². The van der Waals surface area contributed by atoms with Crippen LogP contribution in [0.5, 0.6) is 0 Å². The van der Waals surface area contributed by atoms with E-state index in [1.807, 2.05) is 45.2 Å².